The van der Waals surface area contributed by atoms with Crippen molar-refractivity contribution in [3.05, 3.63) is 0 Å². The maximum absolute atomic E-state index is 10.0. The van der Waals surface area contributed by atoms with E-state index in [0.717, 1.165) is 0 Å². The third kappa shape index (κ3) is 6.12. The van der Waals surface area contributed by atoms with Crippen LogP contribution in [0.1, 0.15) is 6.92 Å². The molecule has 0 rings (SSSR count). The van der Waals surface area contributed by atoms with Crippen molar-refractivity contribution in [2.24, 2.45) is 0 Å². The molecule has 0 aromatic heterocycles. The maximum atomic E-state index is 10.0. The van der Waals surface area contributed by atoms with Gasteiger partial charge in [-0.25, -0.2) is 4.79 Å². The molecule has 0 bridgehead atoms. The molecule has 0 aromatic rings. The van der Waals surface area contributed by atoms with Gasteiger partial charge in [0.25, 0.3) is 0 Å². The molecule has 0 fully saturated rings. The zero-order chi connectivity index (χ0) is 7.28. The van der Waals surface area contributed by atoms with E-state index in [4.69, 9.17) is 11.5 Å². The molecule has 0 aromatic carbocycles. The van der Waals surface area contributed by atoms with Gasteiger partial charge in [0, 0.05) is 0 Å². The minimum absolute atomic E-state index is 0. The standard InChI is InChI=1S/C6H8O3.Na.H/c1-3-4-9-5(2)6(7)8;;/h1,5H,4H2,2H3,(H,7,8);;. The summed E-state index contributed by atoms with van der Waals surface area (Å²) in [6.07, 6.45) is 4.00. The number of rotatable bonds is 3. The van der Waals surface area contributed by atoms with Gasteiger partial charge in [0.05, 0.1) is 0 Å². The molecule has 0 heterocycles. The van der Waals surface area contributed by atoms with Gasteiger partial charge in [0.15, 0.2) is 6.10 Å². The van der Waals surface area contributed by atoms with Crippen LogP contribution in [0.5, 0.6) is 0 Å². The molecular formula is C6H9NaO3. The fourth-order valence-electron chi connectivity index (χ4n) is 0.244. The number of carboxylic acid groups (broad SMARTS) is 1. The van der Waals surface area contributed by atoms with Crippen LogP contribution in [-0.2, 0) is 9.53 Å². The van der Waals surface area contributed by atoms with Crippen molar-refractivity contribution in [2.75, 3.05) is 6.61 Å². The number of ether oxygens (including phenoxy) is 1. The van der Waals surface area contributed by atoms with Crippen molar-refractivity contribution in [3.8, 4) is 12.3 Å². The summed E-state index contributed by atoms with van der Waals surface area (Å²) < 4.78 is 4.62. The Balaban J connectivity index is 0. The van der Waals surface area contributed by atoms with Crippen LogP contribution < -0.4 is 0 Å². The third-order valence-corrected chi connectivity index (χ3v) is 0.764. The molecule has 0 saturated heterocycles. The van der Waals surface area contributed by atoms with Crippen molar-refractivity contribution in [1.82, 2.24) is 0 Å². The molecule has 0 aliphatic rings. The molecule has 3 nitrogen and oxygen atoms in total. The fourth-order valence-corrected chi connectivity index (χ4v) is 0.244. The van der Waals surface area contributed by atoms with Gasteiger partial charge in [-0.3, -0.25) is 0 Å². The summed E-state index contributed by atoms with van der Waals surface area (Å²) in [5, 5.41) is 8.22. The van der Waals surface area contributed by atoms with Crippen molar-refractivity contribution >= 4 is 35.5 Å². The van der Waals surface area contributed by atoms with Crippen LogP contribution in [0.25, 0.3) is 0 Å². The number of carbonyl (C=O) groups is 1. The van der Waals surface area contributed by atoms with Gasteiger partial charge in [-0.05, 0) is 6.92 Å². The second-order valence-corrected chi connectivity index (χ2v) is 1.50. The fraction of sp³-hybridized carbons (Fsp3) is 0.500. The topological polar surface area (TPSA) is 46.5 Å². The quantitative estimate of drug-likeness (QED) is 0.436. The number of hydrogen-bond donors (Lipinski definition) is 1. The van der Waals surface area contributed by atoms with Crippen LogP contribution in [0, 0.1) is 12.3 Å². The van der Waals surface area contributed by atoms with E-state index >= 15 is 0 Å². The molecule has 0 spiro atoms. The van der Waals surface area contributed by atoms with E-state index in [9.17, 15) is 4.79 Å². The third-order valence-electron chi connectivity index (χ3n) is 0.764. The van der Waals surface area contributed by atoms with E-state index in [0.29, 0.717) is 0 Å². The van der Waals surface area contributed by atoms with E-state index < -0.39 is 12.1 Å². The van der Waals surface area contributed by atoms with Gasteiger partial charge >= 0.3 is 35.5 Å². The molecule has 1 atom stereocenters. The molecule has 4 heteroatoms. The summed E-state index contributed by atoms with van der Waals surface area (Å²) in [5.74, 6) is 1.17. The number of terminal acetylenes is 1. The Hall–Kier alpha value is -0.0100. The van der Waals surface area contributed by atoms with Crippen LogP contribution in [-0.4, -0.2) is 53.3 Å². The first kappa shape index (κ1) is 12.6. The van der Waals surface area contributed by atoms with Crippen molar-refractivity contribution < 1.29 is 14.6 Å². The van der Waals surface area contributed by atoms with Gasteiger partial charge in [0.2, 0.25) is 0 Å². The Bertz CT molecular complexity index is 138. The van der Waals surface area contributed by atoms with E-state index in [2.05, 4.69) is 10.7 Å². The molecule has 52 valence electrons. The Labute approximate surface area is 82.0 Å². The first-order valence-electron chi connectivity index (χ1n) is 2.46. The first-order chi connectivity index (χ1) is 4.18. The van der Waals surface area contributed by atoms with Crippen molar-refractivity contribution in [1.29, 1.82) is 0 Å². The van der Waals surface area contributed by atoms with E-state index in [-0.39, 0.29) is 36.2 Å². The molecule has 1 unspecified atom stereocenters. The van der Waals surface area contributed by atoms with Crippen LogP contribution >= 0.6 is 0 Å². The predicted molar refractivity (Wildman–Crippen MR) is 39.0 cm³/mol. The van der Waals surface area contributed by atoms with Gasteiger partial charge in [-0.2, -0.15) is 0 Å². The predicted octanol–water partition coefficient (Wildman–Crippen LogP) is -0.539. The van der Waals surface area contributed by atoms with Gasteiger partial charge in [0.1, 0.15) is 6.61 Å². The summed E-state index contributed by atoms with van der Waals surface area (Å²) in [6, 6.07) is 0. The number of carboxylic acids is 1. The molecule has 1 N–H and O–H groups in total. The summed E-state index contributed by atoms with van der Waals surface area (Å²) in [6.45, 7) is 1.48. The van der Waals surface area contributed by atoms with E-state index in [1.54, 1.807) is 0 Å². The van der Waals surface area contributed by atoms with Crippen LogP contribution in [0.3, 0.4) is 0 Å². The Morgan fingerprint density at radius 1 is 1.90 bits per heavy atom. The van der Waals surface area contributed by atoms with Gasteiger partial charge in [-0.1, -0.05) is 5.92 Å². The molecule has 0 saturated carbocycles. The monoisotopic (exact) mass is 152 g/mol. The van der Waals surface area contributed by atoms with E-state index in [1.165, 1.54) is 6.92 Å². The van der Waals surface area contributed by atoms with Crippen LogP contribution in [0.2, 0.25) is 0 Å². The van der Waals surface area contributed by atoms with Crippen LogP contribution in [0.15, 0.2) is 0 Å². The van der Waals surface area contributed by atoms with Crippen molar-refractivity contribution in [2.45, 2.75) is 13.0 Å². The zero-order valence-corrected chi connectivity index (χ0v) is 5.13. The molecule has 0 radical (unpaired) electrons. The molecular weight excluding hydrogens is 143 g/mol. The number of aliphatic carboxylic acids is 1. The Morgan fingerprint density at radius 2 is 2.40 bits per heavy atom. The average Bonchev–Trinajstić information content (AvgIpc) is 1.82. The molecule has 10 heavy (non-hydrogen) atoms. The Morgan fingerprint density at radius 3 is 2.70 bits per heavy atom. The normalized spacial score (nSPS) is 10.8. The second-order valence-electron chi connectivity index (χ2n) is 1.50. The molecule has 0 amide bonds. The summed E-state index contributed by atoms with van der Waals surface area (Å²) in [4.78, 5) is 10.0. The van der Waals surface area contributed by atoms with Gasteiger partial charge in [-0.15, -0.1) is 6.42 Å². The average molecular weight is 152 g/mol. The zero-order valence-electron chi connectivity index (χ0n) is 5.13. The van der Waals surface area contributed by atoms with Gasteiger partial charge < -0.3 is 9.84 Å². The SMILES string of the molecule is C#CCOC(C)C(=O)O.[NaH]. The second kappa shape index (κ2) is 7.10. The molecule has 0 aliphatic carbocycles. The summed E-state index contributed by atoms with van der Waals surface area (Å²) in [5.41, 5.74) is 0. The summed E-state index contributed by atoms with van der Waals surface area (Å²) >= 11 is 0. The van der Waals surface area contributed by atoms with E-state index in [1.807, 2.05) is 0 Å². The van der Waals surface area contributed by atoms with Crippen LogP contribution in [0.4, 0.5) is 0 Å². The molecule has 0 aliphatic heterocycles. The minimum atomic E-state index is -0.995. The number of hydrogen-bond acceptors (Lipinski definition) is 2. The Kier molecular flexibility index (Phi) is 8.98. The first-order valence-corrected chi connectivity index (χ1v) is 2.46. The van der Waals surface area contributed by atoms with Crippen molar-refractivity contribution in [3.63, 3.8) is 0 Å². The summed E-state index contributed by atoms with van der Waals surface area (Å²) in [7, 11) is 0.